The molecule has 29 heavy (non-hydrogen) atoms. The number of fused-ring (bicyclic) bond motifs is 1. The molecule has 0 spiro atoms. The molecule has 0 saturated heterocycles. The minimum absolute atomic E-state index is 0.235. The van der Waals surface area contributed by atoms with Gasteiger partial charge in [-0.3, -0.25) is 4.21 Å². The van der Waals surface area contributed by atoms with Crippen molar-refractivity contribution in [1.82, 2.24) is 0 Å². The minimum Gasteiger partial charge on any atom is -0.497 e. The van der Waals surface area contributed by atoms with E-state index in [0.29, 0.717) is 16.3 Å². The normalized spacial score (nSPS) is 13.6. The first-order chi connectivity index (χ1) is 13.9. The summed E-state index contributed by atoms with van der Waals surface area (Å²) in [7, 11) is -0.0808. The quantitative estimate of drug-likeness (QED) is 0.459. The van der Waals surface area contributed by atoms with Gasteiger partial charge in [0.1, 0.15) is 11.8 Å². The smallest absolute Gasteiger partial charge is 0.272 e. The topological polar surface area (TPSA) is 38.3 Å². The second kappa shape index (κ2) is 9.18. The number of anilines is 1. The van der Waals surface area contributed by atoms with Crippen LogP contribution in [0.3, 0.4) is 0 Å². The SMILES string of the molecule is C=CCC(F)(F)[C@@H](C[S@](=O)c1cccc2ccccc12)Nc1ccc(OC)cc1. The van der Waals surface area contributed by atoms with Crippen LogP contribution in [-0.2, 0) is 10.8 Å². The fourth-order valence-electron chi connectivity index (χ4n) is 3.13. The van der Waals surface area contributed by atoms with E-state index in [4.69, 9.17) is 4.74 Å². The molecular formula is C23H23F2NO2S. The number of allylic oxidation sites excluding steroid dienone is 1. The summed E-state index contributed by atoms with van der Waals surface area (Å²) in [5.74, 6) is -2.72. The van der Waals surface area contributed by atoms with Crippen molar-refractivity contribution in [3.63, 3.8) is 0 Å². The van der Waals surface area contributed by atoms with Gasteiger partial charge in [-0.25, -0.2) is 8.78 Å². The molecular weight excluding hydrogens is 392 g/mol. The van der Waals surface area contributed by atoms with Crippen LogP contribution in [0.25, 0.3) is 10.8 Å². The van der Waals surface area contributed by atoms with Gasteiger partial charge in [-0.15, -0.1) is 6.58 Å². The molecule has 0 aliphatic rings. The van der Waals surface area contributed by atoms with Crippen LogP contribution in [0.4, 0.5) is 14.5 Å². The van der Waals surface area contributed by atoms with Crippen LogP contribution in [0.5, 0.6) is 5.75 Å². The van der Waals surface area contributed by atoms with Gasteiger partial charge in [0.25, 0.3) is 5.92 Å². The van der Waals surface area contributed by atoms with E-state index in [1.807, 2.05) is 30.3 Å². The molecule has 0 bridgehead atoms. The molecule has 0 heterocycles. The summed E-state index contributed by atoms with van der Waals surface area (Å²) in [5.41, 5.74) is 0.509. The summed E-state index contributed by atoms with van der Waals surface area (Å²) in [6.45, 7) is 3.44. The molecule has 3 rings (SSSR count). The lowest BCUT2D eigenvalue weighted by atomic mass is 10.1. The maximum absolute atomic E-state index is 14.8. The summed E-state index contributed by atoms with van der Waals surface area (Å²) in [6, 6.07) is 18.3. The summed E-state index contributed by atoms with van der Waals surface area (Å²) >= 11 is 0. The summed E-state index contributed by atoms with van der Waals surface area (Å²) in [6.07, 6.45) is 0.678. The Morgan fingerprint density at radius 1 is 1.10 bits per heavy atom. The molecule has 0 saturated carbocycles. The van der Waals surface area contributed by atoms with E-state index in [0.717, 1.165) is 10.8 Å². The van der Waals surface area contributed by atoms with Crippen molar-refractivity contribution in [2.24, 2.45) is 0 Å². The fraction of sp³-hybridized carbons (Fsp3) is 0.217. The summed E-state index contributed by atoms with van der Waals surface area (Å²) in [4.78, 5) is 0.555. The lowest BCUT2D eigenvalue weighted by Gasteiger charge is -2.28. The van der Waals surface area contributed by atoms with Gasteiger partial charge in [0, 0.05) is 17.0 Å². The Labute approximate surface area is 171 Å². The second-order valence-corrected chi connectivity index (χ2v) is 8.13. The molecule has 0 amide bonds. The highest BCUT2D eigenvalue weighted by Gasteiger charge is 2.39. The van der Waals surface area contributed by atoms with Crippen LogP contribution in [0.15, 0.2) is 84.3 Å². The number of hydrogen-bond acceptors (Lipinski definition) is 3. The monoisotopic (exact) mass is 415 g/mol. The van der Waals surface area contributed by atoms with Crippen LogP contribution < -0.4 is 10.1 Å². The van der Waals surface area contributed by atoms with Gasteiger partial charge < -0.3 is 10.1 Å². The maximum Gasteiger partial charge on any atom is 0.272 e. The van der Waals surface area contributed by atoms with E-state index in [1.54, 1.807) is 36.4 Å². The Morgan fingerprint density at radius 2 is 1.79 bits per heavy atom. The van der Waals surface area contributed by atoms with E-state index in [-0.39, 0.29) is 5.75 Å². The van der Waals surface area contributed by atoms with E-state index >= 15 is 0 Å². The van der Waals surface area contributed by atoms with Gasteiger partial charge >= 0.3 is 0 Å². The average molecular weight is 416 g/mol. The Balaban J connectivity index is 1.89. The Hall–Kier alpha value is -2.73. The van der Waals surface area contributed by atoms with Gasteiger partial charge in [-0.05, 0) is 41.1 Å². The van der Waals surface area contributed by atoms with Gasteiger partial charge in [0.05, 0.1) is 23.7 Å². The van der Waals surface area contributed by atoms with Crippen LogP contribution in [0, 0.1) is 0 Å². The fourth-order valence-corrected chi connectivity index (χ4v) is 4.60. The zero-order valence-electron chi connectivity index (χ0n) is 16.1. The molecule has 6 heteroatoms. The third kappa shape index (κ3) is 5.01. The van der Waals surface area contributed by atoms with Crippen molar-refractivity contribution in [2.45, 2.75) is 23.3 Å². The molecule has 3 aromatic rings. The standard InChI is InChI=1S/C23H23F2NO2S/c1-3-15-23(24,25)22(26-18-11-13-19(28-2)14-12-18)16-29(27)21-10-6-8-17-7-4-5-9-20(17)21/h3-14,22,26H,1,15-16H2,2H3/t22-,29+/m1/s1. The number of benzene rings is 3. The second-order valence-electron chi connectivity index (χ2n) is 6.67. The number of nitrogens with one attached hydrogen (secondary N) is 1. The minimum atomic E-state index is -3.11. The maximum atomic E-state index is 14.8. The Morgan fingerprint density at radius 3 is 2.48 bits per heavy atom. The van der Waals surface area contributed by atoms with Crippen LogP contribution in [-0.4, -0.2) is 29.0 Å². The number of ether oxygens (including phenoxy) is 1. The molecule has 0 fully saturated rings. The zero-order valence-corrected chi connectivity index (χ0v) is 16.9. The van der Waals surface area contributed by atoms with Crippen LogP contribution in [0.1, 0.15) is 6.42 Å². The van der Waals surface area contributed by atoms with E-state index in [2.05, 4.69) is 11.9 Å². The lowest BCUT2D eigenvalue weighted by molar-refractivity contribution is -0.00890. The molecule has 3 nitrogen and oxygen atoms in total. The van der Waals surface area contributed by atoms with Crippen molar-refractivity contribution >= 4 is 27.3 Å². The summed E-state index contributed by atoms with van der Waals surface area (Å²) in [5, 5.41) is 4.59. The van der Waals surface area contributed by atoms with Gasteiger partial charge in [0.15, 0.2) is 0 Å². The molecule has 152 valence electrons. The highest BCUT2D eigenvalue weighted by Crippen LogP contribution is 2.30. The first kappa shape index (κ1) is 21.0. The van der Waals surface area contributed by atoms with Crippen molar-refractivity contribution in [1.29, 1.82) is 0 Å². The molecule has 0 radical (unpaired) electrons. The molecule has 1 N–H and O–H groups in total. The zero-order chi connectivity index (χ0) is 20.9. The summed E-state index contributed by atoms with van der Waals surface area (Å²) < 4.78 is 47.8. The van der Waals surface area contributed by atoms with E-state index in [9.17, 15) is 13.0 Å². The third-order valence-electron chi connectivity index (χ3n) is 4.67. The Kier molecular flexibility index (Phi) is 6.64. The van der Waals surface area contributed by atoms with Gasteiger partial charge in [-0.2, -0.15) is 0 Å². The molecule has 0 unspecified atom stereocenters. The first-order valence-electron chi connectivity index (χ1n) is 9.20. The molecule has 0 aliphatic carbocycles. The Bertz CT molecular complexity index is 1000. The molecule has 2 atom stereocenters. The number of hydrogen-bond donors (Lipinski definition) is 1. The predicted molar refractivity (Wildman–Crippen MR) is 115 cm³/mol. The van der Waals surface area contributed by atoms with Crippen molar-refractivity contribution in [3.8, 4) is 5.75 Å². The van der Waals surface area contributed by atoms with E-state index in [1.165, 1.54) is 13.2 Å². The lowest BCUT2D eigenvalue weighted by Crippen LogP contribution is -2.43. The largest absolute Gasteiger partial charge is 0.497 e. The highest BCUT2D eigenvalue weighted by atomic mass is 32.2. The van der Waals surface area contributed by atoms with Gasteiger partial charge in [0.2, 0.25) is 0 Å². The predicted octanol–water partition coefficient (Wildman–Crippen LogP) is 5.65. The highest BCUT2D eigenvalue weighted by molar-refractivity contribution is 7.85. The molecule has 3 aromatic carbocycles. The third-order valence-corrected chi connectivity index (χ3v) is 6.15. The van der Waals surface area contributed by atoms with Gasteiger partial charge in [-0.1, -0.05) is 42.5 Å². The van der Waals surface area contributed by atoms with Crippen LogP contribution >= 0.6 is 0 Å². The average Bonchev–Trinajstić information content (AvgIpc) is 2.73. The van der Waals surface area contributed by atoms with Crippen molar-refractivity contribution in [3.05, 3.63) is 79.4 Å². The van der Waals surface area contributed by atoms with E-state index < -0.39 is 29.2 Å². The number of alkyl halides is 2. The number of halogens is 2. The van der Waals surface area contributed by atoms with Crippen molar-refractivity contribution in [2.75, 3.05) is 18.2 Å². The first-order valence-corrected chi connectivity index (χ1v) is 10.5. The van der Waals surface area contributed by atoms with Crippen molar-refractivity contribution < 1.29 is 17.7 Å². The molecule has 0 aromatic heterocycles. The number of methoxy groups -OCH3 is 1. The number of rotatable bonds is 9. The van der Waals surface area contributed by atoms with Crippen LogP contribution in [0.2, 0.25) is 0 Å². The molecule has 0 aliphatic heterocycles.